The first-order valence-corrected chi connectivity index (χ1v) is 10.7. The maximum Gasteiger partial charge on any atom is 0.250 e. The zero-order valence-electron chi connectivity index (χ0n) is 13.1. The largest absolute Gasteiger partial charge is 0.265 e. The van der Waals surface area contributed by atoms with E-state index in [0.29, 0.717) is 17.2 Å². The molecule has 126 valence electrons. The summed E-state index contributed by atoms with van der Waals surface area (Å²) in [4.78, 5) is 9.61. The van der Waals surface area contributed by atoms with Crippen molar-refractivity contribution in [1.29, 1.82) is 0 Å². The number of sulfonamides is 1. The molecule has 3 aromatic heterocycles. The number of pyridine rings is 1. The minimum Gasteiger partial charge on any atom is -0.265 e. The van der Waals surface area contributed by atoms with E-state index in [4.69, 9.17) is 0 Å². The molecule has 0 radical (unpaired) electrons. The minimum atomic E-state index is -3.43. The molecule has 0 aliphatic carbocycles. The molecule has 0 aliphatic heterocycles. The third-order valence-electron chi connectivity index (χ3n) is 3.40. The summed E-state index contributed by atoms with van der Waals surface area (Å²) in [6.45, 7) is 2.35. The summed E-state index contributed by atoms with van der Waals surface area (Å²) in [7, 11) is -3.43. The summed E-state index contributed by atoms with van der Waals surface area (Å²) in [6.07, 6.45) is 4.87. The van der Waals surface area contributed by atoms with E-state index in [-0.39, 0.29) is 0 Å². The van der Waals surface area contributed by atoms with Crippen LogP contribution in [0.1, 0.15) is 17.5 Å². The molecule has 24 heavy (non-hydrogen) atoms. The summed E-state index contributed by atoms with van der Waals surface area (Å²) in [6, 6.07) is 7.34. The van der Waals surface area contributed by atoms with Gasteiger partial charge >= 0.3 is 0 Å². The number of hydrogen-bond acceptors (Lipinski definition) is 6. The van der Waals surface area contributed by atoms with Crippen molar-refractivity contribution in [3.05, 3.63) is 52.6 Å². The van der Waals surface area contributed by atoms with Crippen LogP contribution in [0.15, 0.2) is 46.2 Å². The highest BCUT2D eigenvalue weighted by Crippen LogP contribution is 2.23. The lowest BCUT2D eigenvalue weighted by atomic mass is 10.3. The number of aromatic nitrogens is 2. The number of thiazole rings is 1. The molecule has 0 saturated heterocycles. The highest BCUT2D eigenvalue weighted by Gasteiger charge is 2.16. The predicted octanol–water partition coefficient (Wildman–Crippen LogP) is 3.35. The number of nitrogens with zero attached hydrogens (tertiary/aromatic N) is 2. The van der Waals surface area contributed by atoms with Crippen LogP contribution in [0.5, 0.6) is 0 Å². The SMILES string of the molecule is CCc1ccc(S(=O)(=O)NCCc2csc(-c3ccncc3)n2)s1. The van der Waals surface area contributed by atoms with E-state index >= 15 is 0 Å². The van der Waals surface area contributed by atoms with E-state index < -0.39 is 10.0 Å². The van der Waals surface area contributed by atoms with E-state index in [2.05, 4.69) is 14.7 Å². The van der Waals surface area contributed by atoms with Crippen molar-refractivity contribution in [2.24, 2.45) is 0 Å². The van der Waals surface area contributed by atoms with Crippen molar-refractivity contribution in [2.75, 3.05) is 6.54 Å². The summed E-state index contributed by atoms with van der Waals surface area (Å²) in [5.74, 6) is 0. The summed E-state index contributed by atoms with van der Waals surface area (Å²) in [5.41, 5.74) is 1.91. The molecule has 0 fully saturated rings. The molecule has 0 unspecified atom stereocenters. The van der Waals surface area contributed by atoms with Gasteiger partial charge in [0, 0.05) is 41.2 Å². The van der Waals surface area contributed by atoms with Gasteiger partial charge in [-0.05, 0) is 30.7 Å². The second-order valence-corrected chi connectivity index (χ2v) is 9.12. The standard InChI is InChI=1S/C16H17N3O2S3/c1-2-14-3-4-15(23-14)24(20,21)18-10-7-13-11-22-16(19-13)12-5-8-17-9-6-12/h3-6,8-9,11,18H,2,7,10H2,1H3. The van der Waals surface area contributed by atoms with Gasteiger partial charge in [0.1, 0.15) is 9.22 Å². The average Bonchev–Trinajstić information content (AvgIpc) is 3.25. The van der Waals surface area contributed by atoms with Crippen LogP contribution < -0.4 is 4.72 Å². The van der Waals surface area contributed by atoms with Crippen molar-refractivity contribution < 1.29 is 8.42 Å². The molecular formula is C16H17N3O2S3. The van der Waals surface area contributed by atoms with Gasteiger partial charge < -0.3 is 0 Å². The van der Waals surface area contributed by atoms with E-state index in [1.54, 1.807) is 29.8 Å². The van der Waals surface area contributed by atoms with Crippen LogP contribution in [0.4, 0.5) is 0 Å². The molecule has 0 atom stereocenters. The van der Waals surface area contributed by atoms with Crippen LogP contribution in [0.2, 0.25) is 0 Å². The lowest BCUT2D eigenvalue weighted by molar-refractivity contribution is 0.583. The topological polar surface area (TPSA) is 72.0 Å². The number of hydrogen-bond donors (Lipinski definition) is 1. The van der Waals surface area contributed by atoms with Crippen LogP contribution in [-0.2, 0) is 22.9 Å². The van der Waals surface area contributed by atoms with E-state index in [1.165, 1.54) is 11.3 Å². The molecule has 8 heteroatoms. The highest BCUT2D eigenvalue weighted by molar-refractivity contribution is 7.91. The zero-order valence-corrected chi connectivity index (χ0v) is 15.5. The van der Waals surface area contributed by atoms with Gasteiger partial charge in [-0.1, -0.05) is 6.92 Å². The van der Waals surface area contributed by atoms with Gasteiger partial charge in [-0.15, -0.1) is 22.7 Å². The van der Waals surface area contributed by atoms with Crippen LogP contribution in [-0.4, -0.2) is 24.9 Å². The summed E-state index contributed by atoms with van der Waals surface area (Å²) < 4.78 is 27.5. The fourth-order valence-electron chi connectivity index (χ4n) is 2.13. The number of rotatable bonds is 7. The maximum absolute atomic E-state index is 12.3. The van der Waals surface area contributed by atoms with Crippen molar-refractivity contribution in [3.8, 4) is 10.6 Å². The van der Waals surface area contributed by atoms with E-state index in [1.807, 2.05) is 30.5 Å². The van der Waals surface area contributed by atoms with Gasteiger partial charge in [0.2, 0.25) is 10.0 Å². The molecule has 3 heterocycles. The zero-order chi connectivity index (χ0) is 17.0. The Morgan fingerprint density at radius 3 is 2.67 bits per heavy atom. The van der Waals surface area contributed by atoms with Crippen molar-refractivity contribution in [3.63, 3.8) is 0 Å². The first-order chi connectivity index (χ1) is 11.6. The van der Waals surface area contributed by atoms with Crippen molar-refractivity contribution >= 4 is 32.7 Å². The Hall–Kier alpha value is -1.61. The predicted molar refractivity (Wildman–Crippen MR) is 97.9 cm³/mol. The Morgan fingerprint density at radius 2 is 1.96 bits per heavy atom. The molecule has 0 amide bonds. The van der Waals surface area contributed by atoms with Gasteiger partial charge in [-0.3, -0.25) is 4.98 Å². The Balaban J connectivity index is 1.59. The number of nitrogens with one attached hydrogen (secondary N) is 1. The van der Waals surface area contributed by atoms with Gasteiger partial charge in [0.15, 0.2) is 0 Å². The Bertz CT molecular complexity index is 902. The van der Waals surface area contributed by atoms with Crippen molar-refractivity contribution in [1.82, 2.24) is 14.7 Å². The summed E-state index contributed by atoms with van der Waals surface area (Å²) in [5, 5.41) is 2.88. The molecule has 0 bridgehead atoms. The smallest absolute Gasteiger partial charge is 0.250 e. The van der Waals surface area contributed by atoms with Gasteiger partial charge in [0.25, 0.3) is 0 Å². The first-order valence-electron chi connectivity index (χ1n) is 7.51. The normalized spacial score (nSPS) is 11.7. The fourth-order valence-corrected chi connectivity index (χ4v) is 5.36. The molecule has 3 rings (SSSR count). The molecule has 5 nitrogen and oxygen atoms in total. The van der Waals surface area contributed by atoms with Gasteiger partial charge in [-0.25, -0.2) is 18.1 Å². The number of thiophene rings is 1. The lowest BCUT2D eigenvalue weighted by Gasteiger charge is -2.03. The number of aryl methyl sites for hydroxylation is 1. The molecule has 1 N–H and O–H groups in total. The highest BCUT2D eigenvalue weighted by atomic mass is 32.2. The minimum absolute atomic E-state index is 0.335. The van der Waals surface area contributed by atoms with E-state index in [9.17, 15) is 8.42 Å². The first kappa shape index (κ1) is 17.2. The summed E-state index contributed by atoms with van der Waals surface area (Å²) >= 11 is 2.87. The second-order valence-electron chi connectivity index (χ2n) is 5.10. The van der Waals surface area contributed by atoms with Gasteiger partial charge in [-0.2, -0.15) is 0 Å². The lowest BCUT2D eigenvalue weighted by Crippen LogP contribution is -2.25. The second kappa shape index (κ2) is 7.52. The Morgan fingerprint density at radius 1 is 1.17 bits per heavy atom. The van der Waals surface area contributed by atoms with Crippen LogP contribution >= 0.6 is 22.7 Å². The Labute approximate surface area is 149 Å². The quantitative estimate of drug-likeness (QED) is 0.683. The third kappa shape index (κ3) is 4.07. The van der Waals surface area contributed by atoms with Crippen molar-refractivity contribution in [2.45, 2.75) is 24.0 Å². The van der Waals surface area contributed by atoms with Crippen LogP contribution in [0.3, 0.4) is 0 Å². The maximum atomic E-state index is 12.3. The van der Waals surface area contributed by atoms with Crippen LogP contribution in [0, 0.1) is 0 Å². The molecule has 0 aromatic carbocycles. The van der Waals surface area contributed by atoms with Gasteiger partial charge in [0.05, 0.1) is 5.69 Å². The molecule has 0 spiro atoms. The molecule has 0 aliphatic rings. The molecule has 0 saturated carbocycles. The Kier molecular flexibility index (Phi) is 5.40. The monoisotopic (exact) mass is 379 g/mol. The van der Waals surface area contributed by atoms with E-state index in [0.717, 1.165) is 27.6 Å². The molecule has 3 aromatic rings. The molecular weight excluding hydrogens is 362 g/mol. The van der Waals surface area contributed by atoms with Crippen LogP contribution in [0.25, 0.3) is 10.6 Å². The third-order valence-corrected chi connectivity index (χ3v) is 7.53. The fraction of sp³-hybridized carbons (Fsp3) is 0.250. The average molecular weight is 380 g/mol.